The van der Waals surface area contributed by atoms with E-state index < -0.39 is 0 Å². The molecular weight excluding hydrogens is 509 g/mol. The van der Waals surface area contributed by atoms with Gasteiger partial charge in [-0.2, -0.15) is 0 Å². The highest BCUT2D eigenvalue weighted by Gasteiger charge is 2.26. The van der Waals surface area contributed by atoms with Gasteiger partial charge in [-0.25, -0.2) is 4.39 Å². The molecule has 0 spiro atoms. The van der Waals surface area contributed by atoms with E-state index in [2.05, 4.69) is 10.6 Å². The Hall–Kier alpha value is -4.17. The lowest BCUT2D eigenvalue weighted by molar-refractivity contribution is 0.0945. The molecule has 208 valence electrons. The Morgan fingerprint density at radius 2 is 1.77 bits per heavy atom. The molecule has 1 aliphatic rings. The molecule has 2 unspecified atom stereocenters. The summed E-state index contributed by atoms with van der Waals surface area (Å²) < 4.78 is 26.1. The average molecular weight is 544 g/mol. The maximum Gasteiger partial charge on any atom is 0.255 e. The van der Waals surface area contributed by atoms with Crippen LogP contribution in [0.1, 0.15) is 53.8 Å². The van der Waals surface area contributed by atoms with Gasteiger partial charge in [0.05, 0.1) is 5.56 Å². The minimum atomic E-state index is -0.378. The molecular formula is C32H34FN3O4. The molecule has 0 aliphatic heterocycles. The second-order valence-corrected chi connectivity index (χ2v) is 10.7. The fourth-order valence-corrected chi connectivity index (χ4v) is 5.08. The Morgan fingerprint density at radius 3 is 2.45 bits per heavy atom. The zero-order valence-corrected chi connectivity index (χ0v) is 22.9. The number of ether oxygens (including phenoxy) is 1. The van der Waals surface area contributed by atoms with Gasteiger partial charge in [-0.1, -0.05) is 19.9 Å². The van der Waals surface area contributed by atoms with Crippen LogP contribution in [0.5, 0.6) is 5.75 Å². The van der Waals surface area contributed by atoms with Crippen LogP contribution < -0.4 is 21.1 Å². The van der Waals surface area contributed by atoms with E-state index in [-0.39, 0.29) is 29.8 Å². The van der Waals surface area contributed by atoms with Gasteiger partial charge in [0.2, 0.25) is 0 Å². The third-order valence-electron chi connectivity index (χ3n) is 7.19. The minimum absolute atomic E-state index is 0.0152. The smallest absolute Gasteiger partial charge is 0.255 e. The summed E-state index contributed by atoms with van der Waals surface area (Å²) in [5.41, 5.74) is 9.58. The quantitative estimate of drug-likeness (QED) is 0.256. The van der Waals surface area contributed by atoms with E-state index >= 15 is 0 Å². The molecule has 8 heteroatoms. The number of furan rings is 1. The molecule has 1 heterocycles. The Balaban J connectivity index is 1.62. The summed E-state index contributed by atoms with van der Waals surface area (Å²) in [6.07, 6.45) is 2.51. The highest BCUT2D eigenvalue weighted by atomic mass is 19.1. The van der Waals surface area contributed by atoms with Gasteiger partial charge in [-0.3, -0.25) is 9.59 Å². The summed E-state index contributed by atoms with van der Waals surface area (Å²) in [7, 11) is 1.55. The third kappa shape index (κ3) is 5.72. The van der Waals surface area contributed by atoms with E-state index in [0.29, 0.717) is 51.6 Å². The normalized spacial score (nSPS) is 16.9. The number of halogens is 1. The fourth-order valence-electron chi connectivity index (χ4n) is 5.08. The molecule has 0 radical (unpaired) electrons. The van der Waals surface area contributed by atoms with Gasteiger partial charge in [0, 0.05) is 41.7 Å². The van der Waals surface area contributed by atoms with Crippen molar-refractivity contribution in [3.8, 4) is 28.2 Å². The van der Waals surface area contributed by atoms with Crippen molar-refractivity contribution in [3.05, 3.63) is 77.6 Å². The molecule has 1 fully saturated rings. The van der Waals surface area contributed by atoms with Crippen LogP contribution in [0.3, 0.4) is 0 Å². The topological polar surface area (TPSA) is 107 Å². The zero-order valence-electron chi connectivity index (χ0n) is 22.9. The molecule has 40 heavy (non-hydrogen) atoms. The Morgan fingerprint density at radius 1 is 1.02 bits per heavy atom. The predicted molar refractivity (Wildman–Crippen MR) is 154 cm³/mol. The highest BCUT2D eigenvalue weighted by Crippen LogP contribution is 2.39. The van der Waals surface area contributed by atoms with Crippen LogP contribution >= 0.6 is 0 Å². The maximum absolute atomic E-state index is 13.6. The van der Waals surface area contributed by atoms with Crippen LogP contribution in [0, 0.1) is 11.7 Å². The number of nitrogens with one attached hydrogen (secondary N) is 2. The summed E-state index contributed by atoms with van der Waals surface area (Å²) >= 11 is 0. The SMILES string of the molecule is CNC(=O)c1c(-c2ccc(F)cc2)oc2ccc(-c3cc(C(=O)NCC(C)C)ccc3OC3CCC(N)C3)cc12. The summed E-state index contributed by atoms with van der Waals surface area (Å²) in [5, 5.41) is 6.26. The minimum Gasteiger partial charge on any atom is -0.490 e. The number of nitrogens with two attached hydrogens (primary N) is 1. The van der Waals surface area contributed by atoms with Crippen molar-refractivity contribution in [1.82, 2.24) is 10.6 Å². The van der Waals surface area contributed by atoms with Crippen LogP contribution in [0.4, 0.5) is 4.39 Å². The molecule has 4 aromatic rings. The fraction of sp³-hybridized carbons (Fsp3) is 0.312. The van der Waals surface area contributed by atoms with Crippen molar-refractivity contribution in [2.75, 3.05) is 13.6 Å². The van der Waals surface area contributed by atoms with E-state index in [9.17, 15) is 14.0 Å². The van der Waals surface area contributed by atoms with Crippen molar-refractivity contribution < 1.29 is 23.1 Å². The predicted octanol–water partition coefficient (Wildman–Crippen LogP) is 5.91. The van der Waals surface area contributed by atoms with Crippen molar-refractivity contribution in [1.29, 1.82) is 0 Å². The molecule has 0 saturated heterocycles. The van der Waals surface area contributed by atoms with Gasteiger partial charge in [0.15, 0.2) is 0 Å². The molecule has 5 rings (SSSR count). The first kappa shape index (κ1) is 27.4. The average Bonchev–Trinajstić information content (AvgIpc) is 3.54. The lowest BCUT2D eigenvalue weighted by atomic mass is 9.98. The van der Waals surface area contributed by atoms with Crippen molar-refractivity contribution >= 4 is 22.8 Å². The van der Waals surface area contributed by atoms with Crippen molar-refractivity contribution in [2.45, 2.75) is 45.3 Å². The summed E-state index contributed by atoms with van der Waals surface area (Å²) in [6, 6.07) is 16.9. The van der Waals surface area contributed by atoms with Gasteiger partial charge >= 0.3 is 0 Å². The van der Waals surface area contributed by atoms with Gasteiger partial charge in [-0.05, 0) is 85.3 Å². The van der Waals surface area contributed by atoms with Gasteiger partial charge < -0.3 is 25.5 Å². The zero-order chi connectivity index (χ0) is 28.4. The number of fused-ring (bicyclic) bond motifs is 1. The van der Waals surface area contributed by atoms with Crippen molar-refractivity contribution in [3.63, 3.8) is 0 Å². The van der Waals surface area contributed by atoms with Crippen LogP contribution in [0.25, 0.3) is 33.4 Å². The van der Waals surface area contributed by atoms with Crippen LogP contribution in [0.2, 0.25) is 0 Å². The lowest BCUT2D eigenvalue weighted by Gasteiger charge is -2.18. The summed E-state index contributed by atoms with van der Waals surface area (Å²) in [4.78, 5) is 26.0. The van der Waals surface area contributed by atoms with Crippen LogP contribution in [0.15, 0.2) is 65.1 Å². The van der Waals surface area contributed by atoms with Gasteiger partial charge in [0.1, 0.15) is 29.0 Å². The molecule has 1 aromatic heterocycles. The van der Waals surface area contributed by atoms with Crippen molar-refractivity contribution in [2.24, 2.45) is 11.7 Å². The molecule has 4 N–H and O–H groups in total. The Labute approximate surface area is 232 Å². The second kappa shape index (κ2) is 11.5. The molecule has 1 aliphatic carbocycles. The van der Waals surface area contributed by atoms with E-state index in [4.69, 9.17) is 14.9 Å². The number of hydrogen-bond acceptors (Lipinski definition) is 5. The molecule has 2 amide bonds. The Kier molecular flexibility index (Phi) is 7.89. The Bertz CT molecular complexity index is 1540. The van der Waals surface area contributed by atoms with E-state index in [1.807, 2.05) is 38.1 Å². The number of rotatable bonds is 8. The molecule has 3 aromatic carbocycles. The van der Waals surface area contributed by atoms with E-state index in [1.165, 1.54) is 12.1 Å². The third-order valence-corrected chi connectivity index (χ3v) is 7.19. The maximum atomic E-state index is 13.6. The number of carbonyl (C=O) groups is 2. The van der Waals surface area contributed by atoms with E-state index in [1.54, 1.807) is 31.3 Å². The van der Waals surface area contributed by atoms with Crippen LogP contribution in [-0.2, 0) is 0 Å². The molecule has 7 nitrogen and oxygen atoms in total. The summed E-state index contributed by atoms with van der Waals surface area (Å²) in [6.45, 7) is 4.65. The first-order valence-electron chi connectivity index (χ1n) is 13.6. The highest BCUT2D eigenvalue weighted by molar-refractivity contribution is 6.12. The van der Waals surface area contributed by atoms with Crippen LogP contribution in [-0.4, -0.2) is 37.6 Å². The number of benzene rings is 3. The largest absolute Gasteiger partial charge is 0.490 e. The number of hydrogen-bond donors (Lipinski definition) is 3. The summed E-state index contributed by atoms with van der Waals surface area (Å²) in [5.74, 6) is 0.440. The first-order chi connectivity index (χ1) is 19.2. The molecule has 2 atom stereocenters. The molecule has 1 saturated carbocycles. The molecule has 0 bridgehead atoms. The van der Waals surface area contributed by atoms with E-state index in [0.717, 1.165) is 30.4 Å². The number of carbonyl (C=O) groups excluding carboxylic acids is 2. The number of amides is 2. The lowest BCUT2D eigenvalue weighted by Crippen LogP contribution is -2.27. The monoisotopic (exact) mass is 543 g/mol. The standard InChI is InChI=1S/C32H34FN3O4/c1-18(2)17-36-31(37)21-7-13-27(39-24-11-10-23(34)16-24)25(15-21)20-6-12-28-26(14-20)29(32(38)35-3)30(40-28)19-4-8-22(33)9-5-19/h4-9,12-15,18,23-24H,10-11,16-17,34H2,1-3H3,(H,35,38)(H,36,37). The first-order valence-corrected chi connectivity index (χ1v) is 13.6. The van der Waals surface area contributed by atoms with Gasteiger partial charge in [0.25, 0.3) is 11.8 Å². The second-order valence-electron chi connectivity index (χ2n) is 10.7. The van der Waals surface area contributed by atoms with Gasteiger partial charge in [-0.15, -0.1) is 0 Å².